The molecule has 28 heavy (non-hydrogen) atoms. The molecule has 4 rings (SSSR count). The van der Waals surface area contributed by atoms with E-state index in [-0.39, 0.29) is 11.4 Å². The number of carbonyl (C=O) groups excluding carboxylic acids is 1. The molecule has 3 heterocycles. The number of nitrogens with one attached hydrogen (secondary N) is 1. The zero-order chi connectivity index (χ0) is 19.7. The number of amides is 1. The Morgan fingerprint density at radius 2 is 1.96 bits per heavy atom. The molecule has 3 N–H and O–H groups in total. The highest BCUT2D eigenvalue weighted by molar-refractivity contribution is 5.99. The Bertz CT molecular complexity index is 1170. The van der Waals surface area contributed by atoms with E-state index in [2.05, 4.69) is 26.7 Å². The highest BCUT2D eigenvalue weighted by Crippen LogP contribution is 2.22. The first-order valence-corrected chi connectivity index (χ1v) is 8.23. The average molecular weight is 379 g/mol. The van der Waals surface area contributed by atoms with Gasteiger partial charge in [0.1, 0.15) is 5.82 Å². The number of halogens is 2. The molecule has 9 heteroatoms. The number of carbonyl (C=O) groups is 1. The van der Waals surface area contributed by atoms with Crippen molar-refractivity contribution in [3.05, 3.63) is 77.8 Å². The molecule has 139 valence electrons. The Morgan fingerprint density at radius 1 is 1.18 bits per heavy atom. The number of pyridine rings is 2. The van der Waals surface area contributed by atoms with Crippen LogP contribution in [0.3, 0.4) is 0 Å². The SMILES string of the molecule is NC(=O)c1ccc(-c2ccc(CNc3ncc(F)cc3F)cc2)n2n[c]nc12. The summed E-state index contributed by atoms with van der Waals surface area (Å²) in [6, 6.07) is 11.5. The van der Waals surface area contributed by atoms with Crippen molar-refractivity contribution in [1.29, 1.82) is 0 Å². The largest absolute Gasteiger partial charge is 0.365 e. The van der Waals surface area contributed by atoms with Crippen LogP contribution in [-0.2, 0) is 6.54 Å². The van der Waals surface area contributed by atoms with Crippen LogP contribution < -0.4 is 11.1 Å². The third-order valence-electron chi connectivity index (χ3n) is 4.16. The van der Waals surface area contributed by atoms with Gasteiger partial charge in [-0.1, -0.05) is 24.3 Å². The van der Waals surface area contributed by atoms with Gasteiger partial charge in [-0.2, -0.15) is 0 Å². The van der Waals surface area contributed by atoms with Crippen molar-refractivity contribution in [2.75, 3.05) is 5.32 Å². The van der Waals surface area contributed by atoms with Gasteiger partial charge >= 0.3 is 0 Å². The van der Waals surface area contributed by atoms with E-state index < -0.39 is 17.5 Å². The molecule has 0 spiro atoms. The fraction of sp³-hybridized carbons (Fsp3) is 0.0526. The summed E-state index contributed by atoms with van der Waals surface area (Å²) < 4.78 is 28.0. The van der Waals surface area contributed by atoms with E-state index in [1.165, 1.54) is 4.52 Å². The molecule has 0 fully saturated rings. The minimum absolute atomic E-state index is 0.0209. The summed E-state index contributed by atoms with van der Waals surface area (Å²) >= 11 is 0. The second kappa shape index (κ2) is 7.03. The van der Waals surface area contributed by atoms with E-state index in [1.54, 1.807) is 12.1 Å². The maximum atomic E-state index is 13.6. The molecular weight excluding hydrogens is 366 g/mol. The lowest BCUT2D eigenvalue weighted by molar-refractivity contribution is 0.100. The molecule has 4 aromatic rings. The Kier molecular flexibility index (Phi) is 4.40. The maximum absolute atomic E-state index is 13.6. The summed E-state index contributed by atoms with van der Waals surface area (Å²) in [4.78, 5) is 19.2. The molecule has 1 amide bonds. The second-order valence-corrected chi connectivity index (χ2v) is 5.98. The fourth-order valence-electron chi connectivity index (χ4n) is 2.79. The zero-order valence-electron chi connectivity index (χ0n) is 14.4. The summed E-state index contributed by atoms with van der Waals surface area (Å²) in [7, 11) is 0. The lowest BCUT2D eigenvalue weighted by Crippen LogP contribution is -2.13. The number of hydrogen-bond acceptors (Lipinski definition) is 5. The van der Waals surface area contributed by atoms with E-state index in [4.69, 9.17) is 5.73 Å². The molecule has 0 bridgehead atoms. The summed E-state index contributed by atoms with van der Waals surface area (Å²) in [6.07, 6.45) is 3.43. The monoisotopic (exact) mass is 379 g/mol. The van der Waals surface area contributed by atoms with Gasteiger partial charge in [0.25, 0.3) is 5.91 Å². The number of anilines is 1. The molecule has 1 radical (unpaired) electrons. The third kappa shape index (κ3) is 3.25. The molecule has 0 saturated heterocycles. The smallest absolute Gasteiger partial charge is 0.252 e. The van der Waals surface area contributed by atoms with E-state index >= 15 is 0 Å². The number of fused-ring (bicyclic) bond motifs is 1. The van der Waals surface area contributed by atoms with Crippen molar-refractivity contribution in [2.45, 2.75) is 6.54 Å². The van der Waals surface area contributed by atoms with Gasteiger partial charge < -0.3 is 11.1 Å². The molecule has 0 atom stereocenters. The lowest BCUT2D eigenvalue weighted by Gasteiger charge is -2.09. The Morgan fingerprint density at radius 3 is 2.68 bits per heavy atom. The standard InChI is InChI=1S/C19H13F2N6O/c20-13-7-15(21)18(24-9-13)23-8-11-1-3-12(4-2-11)16-6-5-14(17(22)28)19-25-10-26-27(16)19/h1-7,9H,8H2,(H2,22,28)(H,23,24). The molecule has 3 aromatic heterocycles. The number of primary amides is 1. The summed E-state index contributed by atoms with van der Waals surface area (Å²) in [5.41, 5.74) is 8.34. The molecule has 7 nitrogen and oxygen atoms in total. The van der Waals surface area contributed by atoms with Crippen molar-refractivity contribution < 1.29 is 13.6 Å². The number of aromatic nitrogens is 4. The predicted octanol–water partition coefficient (Wildman–Crippen LogP) is 2.58. The van der Waals surface area contributed by atoms with Crippen LogP contribution in [0.2, 0.25) is 0 Å². The van der Waals surface area contributed by atoms with Gasteiger partial charge in [0.2, 0.25) is 6.33 Å². The van der Waals surface area contributed by atoms with Gasteiger partial charge in [0.15, 0.2) is 17.3 Å². The van der Waals surface area contributed by atoms with Crippen LogP contribution in [0, 0.1) is 18.0 Å². The quantitative estimate of drug-likeness (QED) is 0.555. The Balaban J connectivity index is 1.57. The van der Waals surface area contributed by atoms with E-state index in [0.717, 1.165) is 23.4 Å². The van der Waals surface area contributed by atoms with Crippen LogP contribution in [0.25, 0.3) is 16.9 Å². The maximum Gasteiger partial charge on any atom is 0.252 e. The van der Waals surface area contributed by atoms with Gasteiger partial charge in [-0.15, -0.1) is 5.10 Å². The van der Waals surface area contributed by atoms with Gasteiger partial charge in [-0.05, 0) is 17.7 Å². The van der Waals surface area contributed by atoms with Crippen LogP contribution in [-0.4, -0.2) is 25.5 Å². The molecule has 0 aliphatic rings. The van der Waals surface area contributed by atoms with Crippen molar-refractivity contribution in [3.8, 4) is 11.3 Å². The third-order valence-corrected chi connectivity index (χ3v) is 4.16. The lowest BCUT2D eigenvalue weighted by atomic mass is 10.1. The number of rotatable bonds is 5. The first kappa shape index (κ1) is 17.5. The highest BCUT2D eigenvalue weighted by Gasteiger charge is 2.13. The van der Waals surface area contributed by atoms with Gasteiger partial charge in [-0.3, -0.25) is 4.79 Å². The zero-order valence-corrected chi connectivity index (χ0v) is 14.4. The molecule has 0 aliphatic carbocycles. The number of benzene rings is 1. The van der Waals surface area contributed by atoms with Crippen LogP contribution in [0.15, 0.2) is 48.7 Å². The van der Waals surface area contributed by atoms with E-state index in [9.17, 15) is 13.6 Å². The van der Waals surface area contributed by atoms with Crippen LogP contribution in [0.4, 0.5) is 14.6 Å². The molecule has 0 unspecified atom stereocenters. The predicted molar refractivity (Wildman–Crippen MR) is 97.3 cm³/mol. The van der Waals surface area contributed by atoms with Crippen molar-refractivity contribution in [1.82, 2.24) is 19.6 Å². The summed E-state index contributed by atoms with van der Waals surface area (Å²) in [5, 5.41) is 6.86. The number of nitrogens with two attached hydrogens (primary N) is 1. The minimum Gasteiger partial charge on any atom is -0.365 e. The van der Waals surface area contributed by atoms with Crippen LogP contribution in [0.1, 0.15) is 15.9 Å². The van der Waals surface area contributed by atoms with Gasteiger partial charge in [0, 0.05) is 18.2 Å². The van der Waals surface area contributed by atoms with Crippen LogP contribution in [0.5, 0.6) is 0 Å². The molecule has 1 aromatic carbocycles. The topological polar surface area (TPSA) is 98.2 Å². The van der Waals surface area contributed by atoms with Crippen molar-refractivity contribution in [2.24, 2.45) is 5.73 Å². The fourth-order valence-corrected chi connectivity index (χ4v) is 2.79. The normalized spacial score (nSPS) is 10.9. The summed E-state index contributed by atoms with van der Waals surface area (Å²) in [6.45, 7) is 0.308. The molecule has 0 aliphatic heterocycles. The average Bonchev–Trinajstić information content (AvgIpc) is 3.17. The first-order chi connectivity index (χ1) is 13.5. The van der Waals surface area contributed by atoms with Gasteiger partial charge in [0.05, 0.1) is 17.5 Å². The number of hydrogen-bond donors (Lipinski definition) is 2. The van der Waals surface area contributed by atoms with Crippen molar-refractivity contribution >= 4 is 17.4 Å². The van der Waals surface area contributed by atoms with Crippen LogP contribution >= 0.6 is 0 Å². The first-order valence-electron chi connectivity index (χ1n) is 8.23. The Hall–Kier alpha value is -3.88. The molecule has 0 saturated carbocycles. The number of nitrogens with zero attached hydrogens (tertiary/aromatic N) is 4. The van der Waals surface area contributed by atoms with Gasteiger partial charge in [-0.25, -0.2) is 23.3 Å². The second-order valence-electron chi connectivity index (χ2n) is 5.98. The summed E-state index contributed by atoms with van der Waals surface area (Å²) in [5.74, 6) is -2.10. The highest BCUT2D eigenvalue weighted by atomic mass is 19.1. The van der Waals surface area contributed by atoms with E-state index in [0.29, 0.717) is 17.9 Å². The van der Waals surface area contributed by atoms with Crippen molar-refractivity contribution in [3.63, 3.8) is 0 Å². The van der Waals surface area contributed by atoms with E-state index in [1.807, 2.05) is 24.3 Å². The Labute approximate surface area is 157 Å². The molecular formula is C19H13F2N6O. The minimum atomic E-state index is -0.754.